The van der Waals surface area contributed by atoms with Crippen molar-refractivity contribution in [1.29, 1.82) is 0 Å². The van der Waals surface area contributed by atoms with Crippen LogP contribution in [0, 0.1) is 0 Å². The van der Waals surface area contributed by atoms with Crippen molar-refractivity contribution in [2.24, 2.45) is 12.0 Å². The molecule has 0 spiro atoms. The van der Waals surface area contributed by atoms with Gasteiger partial charge in [-0.25, -0.2) is 9.98 Å². The summed E-state index contributed by atoms with van der Waals surface area (Å²) in [6.07, 6.45) is 4.05. The van der Waals surface area contributed by atoms with E-state index in [1.807, 2.05) is 13.1 Å². The lowest BCUT2D eigenvalue weighted by atomic mass is 10.1. The molecular formula is C20H32IN7O. The van der Waals surface area contributed by atoms with Gasteiger partial charge in [0.2, 0.25) is 0 Å². The average Bonchev–Trinajstić information content (AvgIpc) is 3.38. The van der Waals surface area contributed by atoms with Gasteiger partial charge in [0.15, 0.2) is 5.96 Å². The van der Waals surface area contributed by atoms with Gasteiger partial charge in [-0.2, -0.15) is 5.10 Å². The number of aryl methyl sites for hydroxylation is 1. The Hall–Kier alpha value is -1.88. The Kier molecular flexibility index (Phi) is 9.65. The number of benzene rings is 1. The molecule has 1 unspecified atom stereocenters. The normalized spacial score (nSPS) is 15.6. The van der Waals surface area contributed by atoms with Gasteiger partial charge < -0.3 is 15.4 Å². The number of hydrogen-bond acceptors (Lipinski definition) is 5. The average molecular weight is 513 g/mol. The Morgan fingerprint density at radius 2 is 2.07 bits per heavy atom. The van der Waals surface area contributed by atoms with Crippen LogP contribution in [-0.2, 0) is 13.6 Å². The fourth-order valence-corrected chi connectivity index (χ4v) is 3.51. The number of aromatic nitrogens is 3. The maximum absolute atomic E-state index is 5.43. The number of hydrogen-bond donors (Lipinski definition) is 2. The predicted octanol–water partition coefficient (Wildman–Crippen LogP) is 2.33. The third kappa shape index (κ3) is 6.56. The second-order valence-corrected chi connectivity index (χ2v) is 6.91. The minimum atomic E-state index is 0. The van der Waals surface area contributed by atoms with E-state index in [-0.39, 0.29) is 30.0 Å². The fourth-order valence-electron chi connectivity index (χ4n) is 3.51. The molecule has 0 radical (unpaired) electrons. The minimum Gasteiger partial charge on any atom is -0.497 e. The fraction of sp³-hybridized carbons (Fsp3) is 0.550. The SMILES string of the molecule is CCNC(=NCc1ncnn1C)NCC(c1cccc(OC)c1)N1CCCC1.I. The number of halogens is 1. The van der Waals surface area contributed by atoms with E-state index in [0.717, 1.165) is 43.7 Å². The first-order valence-corrected chi connectivity index (χ1v) is 9.94. The smallest absolute Gasteiger partial charge is 0.191 e. The van der Waals surface area contributed by atoms with E-state index in [9.17, 15) is 0 Å². The van der Waals surface area contributed by atoms with E-state index >= 15 is 0 Å². The van der Waals surface area contributed by atoms with Crippen molar-refractivity contribution in [3.05, 3.63) is 42.0 Å². The van der Waals surface area contributed by atoms with Crippen LogP contribution in [0.1, 0.15) is 37.2 Å². The Morgan fingerprint density at radius 1 is 1.28 bits per heavy atom. The molecule has 1 saturated heterocycles. The molecule has 2 N–H and O–H groups in total. The van der Waals surface area contributed by atoms with Crippen molar-refractivity contribution in [2.45, 2.75) is 32.4 Å². The zero-order valence-corrected chi connectivity index (χ0v) is 19.8. The number of methoxy groups -OCH3 is 1. The number of rotatable bonds is 8. The summed E-state index contributed by atoms with van der Waals surface area (Å²) in [7, 11) is 3.59. The summed E-state index contributed by atoms with van der Waals surface area (Å²) in [5.74, 6) is 2.52. The van der Waals surface area contributed by atoms with Crippen molar-refractivity contribution in [3.63, 3.8) is 0 Å². The summed E-state index contributed by atoms with van der Waals surface area (Å²) in [6.45, 7) is 6.38. The highest BCUT2D eigenvalue weighted by Crippen LogP contribution is 2.27. The summed E-state index contributed by atoms with van der Waals surface area (Å²) >= 11 is 0. The van der Waals surface area contributed by atoms with Crippen LogP contribution in [0.4, 0.5) is 0 Å². The standard InChI is InChI=1S/C20H31N7O.HI/c1-4-21-20(23-14-19-24-15-25-26(19)2)22-13-18(27-10-5-6-11-27)16-8-7-9-17(12-16)28-3;/h7-9,12,15,18H,4-6,10-11,13-14H2,1-3H3,(H2,21,22,23);1H. The lowest BCUT2D eigenvalue weighted by molar-refractivity contribution is 0.245. The maximum Gasteiger partial charge on any atom is 0.191 e. The summed E-state index contributed by atoms with van der Waals surface area (Å²) in [5.41, 5.74) is 1.26. The molecule has 2 aromatic rings. The van der Waals surface area contributed by atoms with Crippen LogP contribution >= 0.6 is 24.0 Å². The van der Waals surface area contributed by atoms with Gasteiger partial charge in [-0.15, -0.1) is 24.0 Å². The number of nitrogens with one attached hydrogen (secondary N) is 2. The second-order valence-electron chi connectivity index (χ2n) is 6.91. The van der Waals surface area contributed by atoms with Crippen molar-refractivity contribution < 1.29 is 4.74 Å². The topological polar surface area (TPSA) is 79.6 Å². The zero-order valence-electron chi connectivity index (χ0n) is 17.5. The molecule has 0 bridgehead atoms. The summed E-state index contributed by atoms with van der Waals surface area (Å²) < 4.78 is 7.18. The van der Waals surface area contributed by atoms with Gasteiger partial charge in [-0.05, 0) is 50.6 Å². The van der Waals surface area contributed by atoms with Gasteiger partial charge in [0.1, 0.15) is 24.4 Å². The van der Waals surface area contributed by atoms with Crippen LogP contribution in [-0.4, -0.2) is 58.9 Å². The van der Waals surface area contributed by atoms with Gasteiger partial charge in [0.25, 0.3) is 0 Å². The number of ether oxygens (including phenoxy) is 1. The van der Waals surface area contributed by atoms with Crippen molar-refractivity contribution in [2.75, 3.05) is 33.3 Å². The Morgan fingerprint density at radius 3 is 2.72 bits per heavy atom. The Balaban J connectivity index is 0.00000300. The lowest BCUT2D eigenvalue weighted by Gasteiger charge is -2.29. The second kappa shape index (κ2) is 12.0. The first-order chi connectivity index (χ1) is 13.7. The van der Waals surface area contributed by atoms with E-state index in [1.165, 1.54) is 18.4 Å². The molecule has 29 heavy (non-hydrogen) atoms. The van der Waals surface area contributed by atoms with Gasteiger partial charge in [0, 0.05) is 20.1 Å². The molecular weight excluding hydrogens is 481 g/mol. The molecule has 9 heteroatoms. The zero-order chi connectivity index (χ0) is 19.8. The van der Waals surface area contributed by atoms with Crippen molar-refractivity contribution in [3.8, 4) is 5.75 Å². The molecule has 1 aliphatic rings. The molecule has 0 aliphatic carbocycles. The van der Waals surface area contributed by atoms with Crippen LogP contribution in [0.2, 0.25) is 0 Å². The molecule has 2 heterocycles. The number of likely N-dealkylation sites (tertiary alicyclic amines) is 1. The summed E-state index contributed by atoms with van der Waals surface area (Å²) in [4.78, 5) is 11.4. The molecule has 0 amide bonds. The molecule has 3 rings (SSSR count). The van der Waals surface area contributed by atoms with Crippen LogP contribution in [0.15, 0.2) is 35.6 Å². The molecule has 1 aliphatic heterocycles. The van der Waals surface area contributed by atoms with E-state index in [2.05, 4.69) is 55.7 Å². The third-order valence-corrected chi connectivity index (χ3v) is 5.05. The van der Waals surface area contributed by atoms with Crippen LogP contribution in [0.5, 0.6) is 5.75 Å². The van der Waals surface area contributed by atoms with E-state index in [4.69, 9.17) is 4.74 Å². The van der Waals surface area contributed by atoms with Crippen LogP contribution < -0.4 is 15.4 Å². The molecule has 160 valence electrons. The summed E-state index contributed by atoms with van der Waals surface area (Å²) in [6, 6.07) is 8.64. The van der Waals surface area contributed by atoms with Crippen LogP contribution in [0.3, 0.4) is 0 Å². The largest absolute Gasteiger partial charge is 0.497 e. The maximum atomic E-state index is 5.43. The van der Waals surface area contributed by atoms with Crippen molar-refractivity contribution in [1.82, 2.24) is 30.3 Å². The highest BCUT2D eigenvalue weighted by atomic mass is 127. The van der Waals surface area contributed by atoms with E-state index in [1.54, 1.807) is 18.1 Å². The third-order valence-electron chi connectivity index (χ3n) is 5.05. The molecule has 1 aromatic heterocycles. The highest BCUT2D eigenvalue weighted by molar-refractivity contribution is 14.0. The van der Waals surface area contributed by atoms with Gasteiger partial charge in [-0.1, -0.05) is 12.1 Å². The lowest BCUT2D eigenvalue weighted by Crippen LogP contribution is -2.42. The van der Waals surface area contributed by atoms with E-state index < -0.39 is 0 Å². The molecule has 1 aromatic carbocycles. The Bertz CT molecular complexity index is 774. The molecule has 1 fully saturated rings. The molecule has 1 atom stereocenters. The Labute approximate surface area is 190 Å². The number of aliphatic imine (C=N–C) groups is 1. The predicted molar refractivity (Wildman–Crippen MR) is 126 cm³/mol. The first-order valence-electron chi connectivity index (χ1n) is 9.94. The van der Waals surface area contributed by atoms with E-state index in [0.29, 0.717) is 6.54 Å². The van der Waals surface area contributed by atoms with Gasteiger partial charge in [-0.3, -0.25) is 9.58 Å². The quantitative estimate of drug-likeness (QED) is 0.321. The van der Waals surface area contributed by atoms with Crippen LogP contribution in [0.25, 0.3) is 0 Å². The molecule has 0 saturated carbocycles. The summed E-state index contributed by atoms with van der Waals surface area (Å²) in [5, 5.41) is 10.9. The number of guanidine groups is 1. The van der Waals surface area contributed by atoms with Crippen molar-refractivity contribution >= 4 is 29.9 Å². The monoisotopic (exact) mass is 513 g/mol. The highest BCUT2D eigenvalue weighted by Gasteiger charge is 2.24. The first kappa shape index (κ1) is 23.4. The van der Waals surface area contributed by atoms with Gasteiger partial charge >= 0.3 is 0 Å². The molecule has 8 nitrogen and oxygen atoms in total. The number of nitrogens with zero attached hydrogens (tertiary/aromatic N) is 5. The van der Waals surface area contributed by atoms with Gasteiger partial charge in [0.05, 0.1) is 13.2 Å². The minimum absolute atomic E-state index is 0.